The number of anilines is 2. The van der Waals surface area contributed by atoms with Gasteiger partial charge in [-0.15, -0.1) is 0 Å². The summed E-state index contributed by atoms with van der Waals surface area (Å²) in [5, 5.41) is 11.6. The Labute approximate surface area is 136 Å². The van der Waals surface area contributed by atoms with E-state index in [9.17, 15) is 9.59 Å². The predicted molar refractivity (Wildman–Crippen MR) is 93.2 cm³/mol. The molecule has 0 aliphatic heterocycles. The molecule has 7 nitrogen and oxygen atoms in total. The third kappa shape index (κ3) is 4.33. The summed E-state index contributed by atoms with van der Waals surface area (Å²) in [6, 6.07) is 7.49. The molecule has 3 N–H and O–H groups in total. The zero-order valence-electron chi connectivity index (χ0n) is 13.2. The van der Waals surface area contributed by atoms with E-state index in [0.717, 1.165) is 11.3 Å². The first-order valence-corrected chi connectivity index (χ1v) is 8.66. The van der Waals surface area contributed by atoms with E-state index in [-0.39, 0.29) is 34.3 Å². The molecule has 0 bridgehead atoms. The highest BCUT2D eigenvalue weighted by atomic mass is 32.2. The van der Waals surface area contributed by atoms with Crippen LogP contribution in [0.3, 0.4) is 0 Å². The van der Waals surface area contributed by atoms with Crippen LogP contribution in [0.5, 0.6) is 0 Å². The van der Waals surface area contributed by atoms with Gasteiger partial charge >= 0.3 is 0 Å². The van der Waals surface area contributed by atoms with Crippen LogP contribution in [-0.2, 0) is 22.9 Å². The molecule has 1 heterocycles. The van der Waals surface area contributed by atoms with Crippen LogP contribution < -0.4 is 15.6 Å². The number of carbonyl (C=O) groups is 1. The first-order valence-electron chi connectivity index (χ1n) is 6.86. The SMILES string of the molecule is CC(=O)Nc1nc(-c2cccc(N[S+](C)CO)c2)cn(C)c1=O. The topological polar surface area (TPSA) is 96.2 Å². The molecule has 0 aliphatic carbocycles. The van der Waals surface area contributed by atoms with Crippen molar-refractivity contribution >= 4 is 28.5 Å². The highest BCUT2D eigenvalue weighted by Crippen LogP contribution is 2.21. The van der Waals surface area contributed by atoms with Crippen LogP contribution in [-0.4, -0.2) is 32.8 Å². The maximum atomic E-state index is 12.0. The monoisotopic (exact) mass is 335 g/mol. The number of aryl methyl sites for hydroxylation is 1. The average molecular weight is 335 g/mol. The fourth-order valence-corrected chi connectivity index (χ4v) is 2.56. The van der Waals surface area contributed by atoms with E-state index in [4.69, 9.17) is 5.11 Å². The van der Waals surface area contributed by atoms with Gasteiger partial charge in [0.1, 0.15) is 17.3 Å². The maximum Gasteiger partial charge on any atom is 0.293 e. The van der Waals surface area contributed by atoms with Gasteiger partial charge in [0.05, 0.1) is 11.4 Å². The fraction of sp³-hybridized carbons (Fsp3) is 0.267. The van der Waals surface area contributed by atoms with Crippen molar-refractivity contribution in [2.75, 3.05) is 22.2 Å². The standard InChI is InChI=1S/C15H18N4O3S/c1-10(21)16-14-15(22)19(2)8-13(17-14)11-5-4-6-12(7-11)18-23(3)9-20/h4-8,18,20H,9H2,1-3H3/p+1. The van der Waals surface area contributed by atoms with Gasteiger partial charge in [-0.2, -0.15) is 0 Å². The Balaban J connectivity index is 2.42. The molecule has 0 saturated carbocycles. The number of benzene rings is 1. The summed E-state index contributed by atoms with van der Waals surface area (Å²) in [5.74, 6) is -0.295. The first kappa shape index (κ1) is 17.0. The lowest BCUT2D eigenvalue weighted by atomic mass is 10.1. The number of nitrogens with one attached hydrogen (secondary N) is 2. The van der Waals surface area contributed by atoms with Crippen LogP contribution in [0.2, 0.25) is 0 Å². The summed E-state index contributed by atoms with van der Waals surface area (Å²) < 4.78 is 4.57. The summed E-state index contributed by atoms with van der Waals surface area (Å²) in [6.45, 7) is 1.33. The molecule has 1 atom stereocenters. The molecule has 23 heavy (non-hydrogen) atoms. The Morgan fingerprint density at radius 2 is 2.17 bits per heavy atom. The molecule has 2 rings (SSSR count). The maximum absolute atomic E-state index is 12.0. The van der Waals surface area contributed by atoms with Gasteiger partial charge in [-0.3, -0.25) is 9.59 Å². The van der Waals surface area contributed by atoms with Crippen LogP contribution in [0.25, 0.3) is 11.3 Å². The Bertz CT molecular complexity index is 776. The van der Waals surface area contributed by atoms with E-state index in [1.54, 1.807) is 13.2 Å². The second-order valence-corrected chi connectivity index (χ2v) is 6.76. The first-order chi connectivity index (χ1) is 10.9. The van der Waals surface area contributed by atoms with Crippen LogP contribution in [0.15, 0.2) is 35.3 Å². The predicted octanol–water partition coefficient (Wildman–Crippen LogP) is 0.930. The molecule has 0 aliphatic rings. The van der Waals surface area contributed by atoms with Gasteiger partial charge in [0.2, 0.25) is 11.8 Å². The Morgan fingerprint density at radius 1 is 1.43 bits per heavy atom. The normalized spacial score (nSPS) is 11.8. The van der Waals surface area contributed by atoms with Crippen molar-refractivity contribution in [1.82, 2.24) is 9.55 Å². The van der Waals surface area contributed by atoms with Crippen molar-refractivity contribution in [2.45, 2.75) is 6.92 Å². The van der Waals surface area contributed by atoms with Crippen molar-refractivity contribution in [1.29, 1.82) is 0 Å². The number of rotatable bonds is 5. The van der Waals surface area contributed by atoms with Gasteiger partial charge in [-0.25, -0.2) is 9.71 Å². The highest BCUT2D eigenvalue weighted by Gasteiger charge is 2.12. The van der Waals surface area contributed by atoms with E-state index in [1.165, 1.54) is 11.5 Å². The molecular formula is C15H19N4O3S+. The van der Waals surface area contributed by atoms with E-state index in [1.807, 2.05) is 30.5 Å². The lowest BCUT2D eigenvalue weighted by Gasteiger charge is -2.09. The molecular weight excluding hydrogens is 316 g/mol. The fourth-order valence-electron chi connectivity index (χ4n) is 1.97. The number of hydrogen-bond acceptors (Lipinski definition) is 5. The minimum absolute atomic E-state index is 0.00136. The molecule has 0 radical (unpaired) electrons. The number of amides is 1. The molecule has 0 saturated heterocycles. The molecule has 8 heteroatoms. The van der Waals surface area contributed by atoms with Crippen LogP contribution in [0.1, 0.15) is 6.92 Å². The van der Waals surface area contributed by atoms with Crippen LogP contribution in [0, 0.1) is 0 Å². The summed E-state index contributed by atoms with van der Waals surface area (Å²) in [5.41, 5.74) is 1.85. The number of nitrogens with zero attached hydrogens (tertiary/aromatic N) is 2. The minimum Gasteiger partial charge on any atom is -0.350 e. The zero-order valence-corrected chi connectivity index (χ0v) is 14.0. The second-order valence-electron chi connectivity index (χ2n) is 5.02. The molecule has 1 amide bonds. The Hall–Kier alpha value is -2.32. The molecule has 0 fully saturated rings. The molecule has 1 aromatic carbocycles. The van der Waals surface area contributed by atoms with Crippen molar-refractivity contribution in [2.24, 2.45) is 7.05 Å². The Kier molecular flexibility index (Phi) is 5.41. The van der Waals surface area contributed by atoms with Gasteiger partial charge in [0.25, 0.3) is 5.56 Å². The Morgan fingerprint density at radius 3 is 2.83 bits per heavy atom. The zero-order chi connectivity index (χ0) is 17.0. The molecule has 2 aromatic rings. The van der Waals surface area contributed by atoms with E-state index in [0.29, 0.717) is 5.69 Å². The highest BCUT2D eigenvalue weighted by molar-refractivity contribution is 7.97. The van der Waals surface area contributed by atoms with Gasteiger partial charge < -0.3 is 15.0 Å². The quantitative estimate of drug-likeness (QED) is 0.707. The lowest BCUT2D eigenvalue weighted by molar-refractivity contribution is -0.114. The number of aliphatic hydroxyl groups excluding tert-OH is 1. The van der Waals surface area contributed by atoms with E-state index in [2.05, 4.69) is 15.0 Å². The van der Waals surface area contributed by atoms with Crippen molar-refractivity contribution in [3.8, 4) is 11.3 Å². The number of aliphatic hydroxyl groups is 1. The molecule has 0 spiro atoms. The van der Waals surface area contributed by atoms with Crippen LogP contribution in [0.4, 0.5) is 11.5 Å². The van der Waals surface area contributed by atoms with E-state index >= 15 is 0 Å². The molecule has 1 aromatic heterocycles. The van der Waals surface area contributed by atoms with E-state index < -0.39 is 0 Å². The number of carbonyl (C=O) groups excluding carboxylic acids is 1. The van der Waals surface area contributed by atoms with Gasteiger partial charge in [0.15, 0.2) is 5.82 Å². The number of hydrogen-bond donors (Lipinski definition) is 3. The lowest BCUT2D eigenvalue weighted by Crippen LogP contribution is -2.24. The third-order valence-corrected chi connectivity index (χ3v) is 3.98. The van der Waals surface area contributed by atoms with Gasteiger partial charge in [-0.1, -0.05) is 12.1 Å². The van der Waals surface area contributed by atoms with Gasteiger partial charge in [0, 0.05) is 25.7 Å². The summed E-state index contributed by atoms with van der Waals surface area (Å²) in [7, 11) is 1.61. The third-order valence-electron chi connectivity index (χ3n) is 3.01. The van der Waals surface area contributed by atoms with Crippen molar-refractivity contribution in [3.05, 3.63) is 40.8 Å². The van der Waals surface area contributed by atoms with Crippen molar-refractivity contribution in [3.63, 3.8) is 0 Å². The summed E-state index contributed by atoms with van der Waals surface area (Å²) in [4.78, 5) is 27.4. The average Bonchev–Trinajstić information content (AvgIpc) is 2.51. The van der Waals surface area contributed by atoms with Crippen LogP contribution >= 0.6 is 0 Å². The smallest absolute Gasteiger partial charge is 0.293 e. The molecule has 122 valence electrons. The molecule has 1 unspecified atom stereocenters. The minimum atomic E-state index is -0.367. The summed E-state index contributed by atoms with van der Waals surface area (Å²) in [6.07, 6.45) is 3.51. The summed E-state index contributed by atoms with van der Waals surface area (Å²) >= 11 is -0.340. The largest absolute Gasteiger partial charge is 0.350 e. The van der Waals surface area contributed by atoms with Crippen molar-refractivity contribution < 1.29 is 9.90 Å². The second kappa shape index (κ2) is 7.30. The van der Waals surface area contributed by atoms with Gasteiger partial charge in [-0.05, 0) is 12.1 Å². The number of aromatic nitrogens is 2.